The molecule has 0 aliphatic carbocycles. The van der Waals surface area contributed by atoms with Crippen LogP contribution in [0.3, 0.4) is 0 Å². The summed E-state index contributed by atoms with van der Waals surface area (Å²) in [7, 11) is 0. The Morgan fingerprint density at radius 3 is 2.07 bits per heavy atom. The predicted octanol–water partition coefficient (Wildman–Crippen LogP) is 4.75. The van der Waals surface area contributed by atoms with Crippen molar-refractivity contribution in [3.8, 4) is 0 Å². The molecule has 1 rings (SSSR count). The molecule has 0 aliphatic heterocycles. The molecule has 0 N–H and O–H groups in total. The van der Waals surface area contributed by atoms with Crippen molar-refractivity contribution >= 4 is 34.8 Å². The van der Waals surface area contributed by atoms with Crippen molar-refractivity contribution in [3.63, 3.8) is 0 Å². The van der Waals surface area contributed by atoms with Crippen LogP contribution in [-0.2, 0) is 6.42 Å². The Bertz CT molecular complexity index is 346. The van der Waals surface area contributed by atoms with E-state index < -0.39 is 12.6 Å². The first-order valence-corrected chi connectivity index (χ1v) is 4.64. The first kappa shape index (κ1) is 12.0. The monoisotopic (exact) mass is 262 g/mol. The molecule has 0 radical (unpaired) electrons. The molecule has 1 aromatic rings. The summed E-state index contributed by atoms with van der Waals surface area (Å²) >= 11 is 16.7. The molecule has 0 aromatic heterocycles. The summed E-state index contributed by atoms with van der Waals surface area (Å²) in [5, 5.41) is -0.0471. The lowest BCUT2D eigenvalue weighted by Gasteiger charge is -2.09. The Kier molecular flexibility index (Phi) is 3.56. The summed E-state index contributed by atoms with van der Waals surface area (Å²) in [6.45, 7) is 0. The summed E-state index contributed by atoms with van der Waals surface area (Å²) in [4.78, 5) is 0. The van der Waals surface area contributed by atoms with E-state index in [1.54, 1.807) is 0 Å². The minimum Gasteiger partial charge on any atom is -0.171 e. The van der Waals surface area contributed by atoms with Gasteiger partial charge in [-0.05, 0) is 11.6 Å². The first-order chi connectivity index (χ1) is 6.31. The van der Waals surface area contributed by atoms with Crippen LogP contribution in [0.25, 0.3) is 0 Å². The maximum absolute atomic E-state index is 12.0. The number of hydrogen-bond acceptors (Lipinski definition) is 0. The van der Waals surface area contributed by atoms with Crippen LogP contribution in [0.1, 0.15) is 5.56 Å². The van der Waals surface area contributed by atoms with Crippen molar-refractivity contribution < 1.29 is 13.2 Å². The summed E-state index contributed by atoms with van der Waals surface area (Å²) in [5.74, 6) is 0. The van der Waals surface area contributed by atoms with Crippen molar-refractivity contribution in [2.75, 3.05) is 0 Å². The Morgan fingerprint density at radius 2 is 1.57 bits per heavy atom. The number of rotatable bonds is 1. The molecule has 0 unspecified atom stereocenters. The lowest BCUT2D eigenvalue weighted by atomic mass is 10.1. The SMILES string of the molecule is FC(F)(F)Cc1ccc(Cl)c(Cl)c1Cl. The van der Waals surface area contributed by atoms with Gasteiger partial charge in [0.2, 0.25) is 0 Å². The highest BCUT2D eigenvalue weighted by Gasteiger charge is 2.29. The predicted molar refractivity (Wildman–Crippen MR) is 51.2 cm³/mol. The standard InChI is InChI=1S/C8H4Cl3F3/c9-5-2-1-4(3-8(12,13)14)6(10)7(5)11/h1-2H,3H2. The van der Waals surface area contributed by atoms with Gasteiger partial charge in [0.25, 0.3) is 0 Å². The average Bonchev–Trinajstić information content (AvgIpc) is 2.04. The van der Waals surface area contributed by atoms with E-state index in [0.29, 0.717) is 0 Å². The highest BCUT2D eigenvalue weighted by atomic mass is 35.5. The molecular formula is C8H4Cl3F3. The van der Waals surface area contributed by atoms with Crippen LogP contribution in [0, 0.1) is 0 Å². The Balaban J connectivity index is 3.06. The molecule has 0 heterocycles. The van der Waals surface area contributed by atoms with Gasteiger partial charge in [0.1, 0.15) is 0 Å². The lowest BCUT2D eigenvalue weighted by Crippen LogP contribution is -2.11. The molecule has 0 spiro atoms. The molecule has 0 bridgehead atoms. The van der Waals surface area contributed by atoms with Crippen LogP contribution in [-0.4, -0.2) is 6.18 Å². The van der Waals surface area contributed by atoms with Gasteiger partial charge in [-0.15, -0.1) is 0 Å². The summed E-state index contributed by atoms with van der Waals surface area (Å²) in [6.07, 6.45) is -5.41. The third-order valence-corrected chi connectivity index (χ3v) is 2.84. The molecule has 0 aliphatic rings. The molecule has 0 saturated carbocycles. The fourth-order valence-corrected chi connectivity index (χ4v) is 1.54. The van der Waals surface area contributed by atoms with Crippen molar-refractivity contribution in [2.45, 2.75) is 12.6 Å². The van der Waals surface area contributed by atoms with Gasteiger partial charge in [0.05, 0.1) is 21.5 Å². The summed E-state index contributed by atoms with van der Waals surface area (Å²) in [6, 6.07) is 2.50. The molecule has 1 aromatic carbocycles. The van der Waals surface area contributed by atoms with Crippen LogP contribution in [0.15, 0.2) is 12.1 Å². The molecule has 0 amide bonds. The van der Waals surface area contributed by atoms with Gasteiger partial charge in [-0.25, -0.2) is 0 Å². The molecule has 14 heavy (non-hydrogen) atoms. The fraction of sp³-hybridized carbons (Fsp3) is 0.250. The summed E-state index contributed by atoms with van der Waals surface area (Å²) in [5.41, 5.74) is -0.0754. The van der Waals surface area contributed by atoms with Gasteiger partial charge < -0.3 is 0 Å². The smallest absolute Gasteiger partial charge is 0.171 e. The first-order valence-electron chi connectivity index (χ1n) is 3.50. The second-order valence-corrected chi connectivity index (χ2v) is 3.79. The van der Waals surface area contributed by atoms with Crippen LogP contribution in [0.4, 0.5) is 13.2 Å². The Labute approximate surface area is 93.6 Å². The minimum atomic E-state index is -4.30. The van der Waals surface area contributed by atoms with E-state index in [2.05, 4.69) is 0 Å². The van der Waals surface area contributed by atoms with Crippen LogP contribution in [0.2, 0.25) is 15.1 Å². The number of halogens is 6. The third-order valence-electron chi connectivity index (χ3n) is 1.51. The second kappa shape index (κ2) is 4.17. The highest BCUT2D eigenvalue weighted by Crippen LogP contribution is 2.35. The van der Waals surface area contributed by atoms with E-state index in [0.717, 1.165) is 0 Å². The Morgan fingerprint density at radius 1 is 1.00 bits per heavy atom. The normalized spacial score (nSPS) is 11.9. The van der Waals surface area contributed by atoms with Crippen molar-refractivity contribution in [2.24, 2.45) is 0 Å². The zero-order valence-corrected chi connectivity index (χ0v) is 8.90. The van der Waals surface area contributed by atoms with Gasteiger partial charge in [0, 0.05) is 0 Å². The molecule has 0 nitrogen and oxygen atoms in total. The number of hydrogen-bond donors (Lipinski definition) is 0. The van der Waals surface area contributed by atoms with Crippen LogP contribution in [0.5, 0.6) is 0 Å². The molecule has 0 saturated heterocycles. The van der Waals surface area contributed by atoms with E-state index in [-0.39, 0.29) is 20.6 Å². The van der Waals surface area contributed by atoms with Crippen molar-refractivity contribution in [3.05, 3.63) is 32.8 Å². The number of alkyl halides is 3. The quantitative estimate of drug-likeness (QED) is 0.641. The Hall–Kier alpha value is -0.120. The van der Waals surface area contributed by atoms with Gasteiger partial charge >= 0.3 is 6.18 Å². The maximum Gasteiger partial charge on any atom is 0.393 e. The molecule has 6 heteroatoms. The van der Waals surface area contributed by atoms with Gasteiger partial charge in [-0.2, -0.15) is 13.2 Å². The van der Waals surface area contributed by atoms with E-state index in [1.165, 1.54) is 12.1 Å². The molecule has 0 atom stereocenters. The number of benzene rings is 1. The lowest BCUT2D eigenvalue weighted by molar-refractivity contribution is -0.127. The molecule has 0 fully saturated rings. The van der Waals surface area contributed by atoms with E-state index in [4.69, 9.17) is 34.8 Å². The average molecular weight is 263 g/mol. The minimum absolute atomic E-state index is 0.0462. The fourth-order valence-electron chi connectivity index (χ4n) is 0.918. The maximum atomic E-state index is 12.0. The van der Waals surface area contributed by atoms with Gasteiger partial charge in [0.15, 0.2) is 0 Å². The summed E-state index contributed by atoms with van der Waals surface area (Å²) < 4.78 is 36.1. The topological polar surface area (TPSA) is 0 Å². The highest BCUT2D eigenvalue weighted by molar-refractivity contribution is 6.48. The van der Waals surface area contributed by atoms with Gasteiger partial charge in [-0.1, -0.05) is 40.9 Å². The zero-order valence-electron chi connectivity index (χ0n) is 6.63. The largest absolute Gasteiger partial charge is 0.393 e. The van der Waals surface area contributed by atoms with E-state index >= 15 is 0 Å². The van der Waals surface area contributed by atoms with Crippen LogP contribution < -0.4 is 0 Å². The zero-order chi connectivity index (χ0) is 10.9. The van der Waals surface area contributed by atoms with E-state index in [1.807, 2.05) is 0 Å². The van der Waals surface area contributed by atoms with Crippen molar-refractivity contribution in [1.29, 1.82) is 0 Å². The van der Waals surface area contributed by atoms with E-state index in [9.17, 15) is 13.2 Å². The van der Waals surface area contributed by atoms with Crippen molar-refractivity contribution in [1.82, 2.24) is 0 Å². The molecule has 78 valence electrons. The van der Waals surface area contributed by atoms with Crippen LogP contribution >= 0.6 is 34.8 Å². The second-order valence-electron chi connectivity index (χ2n) is 2.63. The third kappa shape index (κ3) is 2.94. The van der Waals surface area contributed by atoms with Gasteiger partial charge in [-0.3, -0.25) is 0 Å². The molecular weight excluding hydrogens is 259 g/mol.